The second-order valence-electron chi connectivity index (χ2n) is 3.92. The molecule has 0 aliphatic heterocycles. The molecule has 0 aliphatic rings. The summed E-state index contributed by atoms with van der Waals surface area (Å²) in [6.45, 7) is 2.24. The Balaban J connectivity index is 1.80. The maximum atomic E-state index is 11.7. The zero-order valence-corrected chi connectivity index (χ0v) is 12.7. The number of carbonyl (C=O) groups is 1. The third kappa shape index (κ3) is 4.29. The number of halogens is 1. The lowest BCUT2D eigenvalue weighted by molar-refractivity contribution is 0.237. The number of carbonyl (C=O) groups excluding carboxylic acids is 1. The first-order valence-electron chi connectivity index (χ1n) is 5.68. The molecule has 0 aliphatic carbocycles. The number of urea groups is 1. The molecule has 0 spiro atoms. The van der Waals surface area contributed by atoms with E-state index in [0.717, 1.165) is 10.0 Å². The van der Waals surface area contributed by atoms with Crippen LogP contribution in [0.1, 0.15) is 24.4 Å². The average Bonchev–Trinajstić information content (AvgIpc) is 2.92. The first-order valence-corrected chi connectivity index (χ1v) is 7.41. The van der Waals surface area contributed by atoms with Crippen LogP contribution in [0.4, 0.5) is 4.79 Å². The molecule has 7 heteroatoms. The van der Waals surface area contributed by atoms with Crippen LogP contribution in [0, 0.1) is 0 Å². The zero-order chi connectivity index (χ0) is 13.7. The molecule has 2 amide bonds. The van der Waals surface area contributed by atoms with E-state index in [1.165, 1.54) is 0 Å². The number of rotatable bonds is 4. The summed E-state index contributed by atoms with van der Waals surface area (Å²) in [5, 5.41) is 9.58. The number of aromatic nitrogens is 2. The molecule has 5 nitrogen and oxygen atoms in total. The van der Waals surface area contributed by atoms with Crippen molar-refractivity contribution < 1.29 is 4.79 Å². The summed E-state index contributed by atoms with van der Waals surface area (Å²) in [5.74, 6) is 0.571. The molecular weight excluding hydrogens is 328 g/mol. The molecule has 0 radical (unpaired) electrons. The lowest BCUT2D eigenvalue weighted by Gasteiger charge is -2.13. The first kappa shape index (κ1) is 14.0. The van der Waals surface area contributed by atoms with Crippen LogP contribution in [0.5, 0.6) is 0 Å². The Morgan fingerprint density at radius 1 is 1.47 bits per heavy atom. The fourth-order valence-electron chi connectivity index (χ4n) is 1.44. The summed E-state index contributed by atoms with van der Waals surface area (Å²) in [6, 6.07) is 1.75. The van der Waals surface area contributed by atoms with Crippen LogP contribution in [0.3, 0.4) is 0 Å². The highest BCUT2D eigenvalue weighted by Gasteiger charge is 2.09. The largest absolute Gasteiger partial charge is 0.332 e. The standard InChI is InChI=1S/C12H13BrN4OS/c1-8(9-2-3-19-7-9)17-12(18)16-6-11-14-4-10(13)5-15-11/h2-5,7-8H,6H2,1H3,(H2,16,17,18). The molecule has 0 saturated carbocycles. The minimum atomic E-state index is -0.231. The van der Waals surface area contributed by atoms with E-state index < -0.39 is 0 Å². The molecule has 2 aromatic rings. The molecule has 2 rings (SSSR count). The van der Waals surface area contributed by atoms with E-state index in [1.54, 1.807) is 23.7 Å². The van der Waals surface area contributed by atoms with Crippen LogP contribution in [0.2, 0.25) is 0 Å². The van der Waals surface area contributed by atoms with Crippen LogP contribution in [-0.2, 0) is 6.54 Å². The molecule has 0 saturated heterocycles. The van der Waals surface area contributed by atoms with Gasteiger partial charge in [0.2, 0.25) is 0 Å². The van der Waals surface area contributed by atoms with E-state index in [2.05, 4.69) is 36.5 Å². The van der Waals surface area contributed by atoms with Gasteiger partial charge in [-0.3, -0.25) is 0 Å². The third-order valence-electron chi connectivity index (χ3n) is 2.47. The van der Waals surface area contributed by atoms with Gasteiger partial charge in [0.05, 0.1) is 17.1 Å². The Kier molecular flexibility index (Phi) is 4.86. The van der Waals surface area contributed by atoms with E-state index in [0.29, 0.717) is 12.4 Å². The molecular formula is C12H13BrN4OS. The monoisotopic (exact) mass is 340 g/mol. The molecule has 0 fully saturated rings. The van der Waals surface area contributed by atoms with Gasteiger partial charge in [0.1, 0.15) is 5.82 Å². The Morgan fingerprint density at radius 2 is 2.21 bits per heavy atom. The minimum absolute atomic E-state index is 0.0166. The van der Waals surface area contributed by atoms with Crippen molar-refractivity contribution in [1.82, 2.24) is 20.6 Å². The Morgan fingerprint density at radius 3 is 2.84 bits per heavy atom. The van der Waals surface area contributed by atoms with E-state index in [9.17, 15) is 4.79 Å². The number of hydrogen-bond donors (Lipinski definition) is 2. The number of nitrogens with zero attached hydrogens (tertiary/aromatic N) is 2. The number of nitrogens with one attached hydrogen (secondary N) is 2. The molecule has 0 bridgehead atoms. The van der Waals surface area contributed by atoms with Crippen molar-refractivity contribution in [1.29, 1.82) is 0 Å². The molecule has 2 N–H and O–H groups in total. The lowest BCUT2D eigenvalue weighted by Crippen LogP contribution is -2.36. The van der Waals surface area contributed by atoms with E-state index >= 15 is 0 Å². The van der Waals surface area contributed by atoms with Crippen molar-refractivity contribution in [2.75, 3.05) is 0 Å². The van der Waals surface area contributed by atoms with Crippen molar-refractivity contribution >= 4 is 33.3 Å². The Labute approximate surface area is 123 Å². The summed E-state index contributed by atoms with van der Waals surface area (Å²) < 4.78 is 0.812. The summed E-state index contributed by atoms with van der Waals surface area (Å²) in [5.41, 5.74) is 1.10. The summed E-state index contributed by atoms with van der Waals surface area (Å²) in [7, 11) is 0. The molecule has 1 unspecified atom stereocenters. The zero-order valence-electron chi connectivity index (χ0n) is 10.3. The van der Waals surface area contributed by atoms with Gasteiger partial charge in [-0.05, 0) is 45.2 Å². The SMILES string of the molecule is CC(NC(=O)NCc1ncc(Br)cn1)c1ccsc1. The van der Waals surface area contributed by atoms with Crippen LogP contribution < -0.4 is 10.6 Å². The number of amides is 2. The van der Waals surface area contributed by atoms with Crippen LogP contribution in [0.15, 0.2) is 33.7 Å². The average molecular weight is 341 g/mol. The highest BCUT2D eigenvalue weighted by atomic mass is 79.9. The van der Waals surface area contributed by atoms with Crippen molar-refractivity contribution in [3.8, 4) is 0 Å². The normalized spacial score (nSPS) is 11.9. The molecule has 100 valence electrons. The number of thiophene rings is 1. The van der Waals surface area contributed by atoms with Crippen LogP contribution in [0.25, 0.3) is 0 Å². The van der Waals surface area contributed by atoms with E-state index in [1.807, 2.05) is 23.8 Å². The summed E-state index contributed by atoms with van der Waals surface area (Å²) in [4.78, 5) is 19.9. The quantitative estimate of drug-likeness (QED) is 0.899. The summed E-state index contributed by atoms with van der Waals surface area (Å²) >= 11 is 4.87. The van der Waals surface area contributed by atoms with Gasteiger partial charge in [0.15, 0.2) is 0 Å². The molecule has 19 heavy (non-hydrogen) atoms. The second kappa shape index (κ2) is 6.63. The van der Waals surface area contributed by atoms with Crippen molar-refractivity contribution in [3.63, 3.8) is 0 Å². The van der Waals surface area contributed by atoms with E-state index in [4.69, 9.17) is 0 Å². The first-order chi connectivity index (χ1) is 9.15. The van der Waals surface area contributed by atoms with E-state index in [-0.39, 0.29) is 12.1 Å². The van der Waals surface area contributed by atoms with Gasteiger partial charge in [-0.15, -0.1) is 0 Å². The fraction of sp³-hybridized carbons (Fsp3) is 0.250. The fourth-order valence-corrected chi connectivity index (χ4v) is 2.40. The maximum absolute atomic E-state index is 11.7. The Bertz CT molecular complexity index is 529. The Hall–Kier alpha value is -1.47. The van der Waals surface area contributed by atoms with Gasteiger partial charge in [-0.1, -0.05) is 0 Å². The number of hydrogen-bond acceptors (Lipinski definition) is 4. The second-order valence-corrected chi connectivity index (χ2v) is 5.62. The minimum Gasteiger partial charge on any atom is -0.332 e. The van der Waals surface area contributed by atoms with Crippen molar-refractivity contribution in [2.24, 2.45) is 0 Å². The highest BCUT2D eigenvalue weighted by Crippen LogP contribution is 2.15. The van der Waals surface area contributed by atoms with Gasteiger partial charge in [-0.25, -0.2) is 14.8 Å². The summed E-state index contributed by atoms with van der Waals surface area (Å²) in [6.07, 6.45) is 3.30. The maximum Gasteiger partial charge on any atom is 0.315 e. The lowest BCUT2D eigenvalue weighted by atomic mass is 10.2. The predicted molar refractivity (Wildman–Crippen MR) is 77.8 cm³/mol. The molecule has 1 atom stereocenters. The topological polar surface area (TPSA) is 66.9 Å². The van der Waals surface area contributed by atoms with Gasteiger partial charge in [0.25, 0.3) is 0 Å². The van der Waals surface area contributed by atoms with Gasteiger partial charge in [-0.2, -0.15) is 11.3 Å². The van der Waals surface area contributed by atoms with Gasteiger partial charge < -0.3 is 10.6 Å². The van der Waals surface area contributed by atoms with Crippen LogP contribution >= 0.6 is 27.3 Å². The predicted octanol–water partition coefficient (Wildman–Crippen LogP) is 2.86. The molecule has 2 aromatic heterocycles. The molecule has 2 heterocycles. The third-order valence-corrected chi connectivity index (χ3v) is 3.58. The van der Waals surface area contributed by atoms with Crippen LogP contribution in [-0.4, -0.2) is 16.0 Å². The molecule has 0 aromatic carbocycles. The smallest absolute Gasteiger partial charge is 0.315 e. The highest BCUT2D eigenvalue weighted by molar-refractivity contribution is 9.10. The van der Waals surface area contributed by atoms with Crippen molar-refractivity contribution in [2.45, 2.75) is 19.5 Å². The van der Waals surface area contributed by atoms with Gasteiger partial charge >= 0.3 is 6.03 Å². The van der Waals surface area contributed by atoms with Gasteiger partial charge in [0, 0.05) is 12.4 Å². The van der Waals surface area contributed by atoms with Crippen molar-refractivity contribution in [3.05, 3.63) is 45.1 Å².